The standard InChI is InChI=1S/C37H64O17/c1-12-19(7)29(33(44)49-17-25(41)27(43)26(42)24(40)16-38)51-35(46)31(21(9)14-3)53-37(48)32(22(10)15-4)54-36(47)30(20(8)13-2)52-34(45)28(18(5)6)50-23(11)39/h18-22,24-32,38,40-43H,12-17H2,1-11H3/t19-,20+,21+,22+,24-,25+,26-,27+,28-,29+,30+,31+,32+/m1/s1. The second-order valence-corrected chi connectivity index (χ2v) is 14.2. The highest BCUT2D eigenvalue weighted by Gasteiger charge is 2.42. The minimum Gasteiger partial charge on any atom is -0.460 e. The Labute approximate surface area is 317 Å². The molecule has 0 radical (unpaired) electrons. The first-order valence-electron chi connectivity index (χ1n) is 18.6. The fourth-order valence-corrected chi connectivity index (χ4v) is 4.76. The molecule has 0 aromatic rings. The lowest BCUT2D eigenvalue weighted by molar-refractivity contribution is -0.197. The van der Waals surface area contributed by atoms with Crippen LogP contribution in [0.3, 0.4) is 0 Å². The Morgan fingerprint density at radius 1 is 0.463 bits per heavy atom. The molecule has 0 saturated carbocycles. The Morgan fingerprint density at radius 2 is 0.759 bits per heavy atom. The van der Waals surface area contributed by atoms with E-state index in [1.807, 2.05) is 0 Å². The summed E-state index contributed by atoms with van der Waals surface area (Å²) >= 11 is 0. The van der Waals surface area contributed by atoms with Crippen molar-refractivity contribution in [3.8, 4) is 0 Å². The normalized spacial score (nSPS) is 18.8. The predicted molar refractivity (Wildman–Crippen MR) is 190 cm³/mol. The van der Waals surface area contributed by atoms with Crippen LogP contribution >= 0.6 is 0 Å². The van der Waals surface area contributed by atoms with Crippen LogP contribution in [0.1, 0.15) is 102 Å². The Morgan fingerprint density at radius 3 is 1.04 bits per heavy atom. The van der Waals surface area contributed by atoms with Crippen molar-refractivity contribution in [2.24, 2.45) is 29.6 Å². The van der Waals surface area contributed by atoms with E-state index < -0.39 is 134 Å². The number of hydrogen-bond acceptors (Lipinski definition) is 17. The summed E-state index contributed by atoms with van der Waals surface area (Å²) in [5, 5.41) is 48.6. The Kier molecular flexibility index (Phi) is 23.4. The zero-order valence-corrected chi connectivity index (χ0v) is 33.5. The lowest BCUT2D eigenvalue weighted by Crippen LogP contribution is -2.48. The molecule has 0 rings (SSSR count). The third-order valence-corrected chi connectivity index (χ3v) is 9.40. The molecule has 17 nitrogen and oxygen atoms in total. The summed E-state index contributed by atoms with van der Waals surface area (Å²) in [5.41, 5.74) is 0. The number of rotatable bonds is 25. The van der Waals surface area contributed by atoms with Crippen LogP contribution in [0.5, 0.6) is 0 Å². The number of ether oxygens (including phenoxy) is 6. The van der Waals surface area contributed by atoms with Crippen LogP contribution < -0.4 is 0 Å². The number of carbonyl (C=O) groups is 6. The van der Waals surface area contributed by atoms with Crippen molar-refractivity contribution in [1.82, 2.24) is 0 Å². The first kappa shape index (κ1) is 50.6. The van der Waals surface area contributed by atoms with Gasteiger partial charge in [-0.1, -0.05) is 69.2 Å². The van der Waals surface area contributed by atoms with E-state index >= 15 is 0 Å². The van der Waals surface area contributed by atoms with Gasteiger partial charge in [0.15, 0.2) is 0 Å². The average Bonchev–Trinajstić information content (AvgIpc) is 3.14. The molecule has 0 aliphatic heterocycles. The molecule has 0 heterocycles. The summed E-state index contributed by atoms with van der Waals surface area (Å²) in [6, 6.07) is 0. The number of hydrogen-bond donors (Lipinski definition) is 5. The zero-order chi connectivity index (χ0) is 42.0. The zero-order valence-electron chi connectivity index (χ0n) is 33.5. The summed E-state index contributed by atoms with van der Waals surface area (Å²) in [5.74, 6) is -9.11. The summed E-state index contributed by atoms with van der Waals surface area (Å²) in [6.45, 7) is 15.9. The lowest BCUT2D eigenvalue weighted by Gasteiger charge is -2.30. The Balaban J connectivity index is 6.24. The molecule has 0 bridgehead atoms. The summed E-state index contributed by atoms with van der Waals surface area (Å²) in [7, 11) is 0. The predicted octanol–water partition coefficient (Wildman–Crippen LogP) is 1.38. The van der Waals surface area contributed by atoms with E-state index in [1.54, 1.807) is 69.2 Å². The van der Waals surface area contributed by atoms with Crippen molar-refractivity contribution < 1.29 is 82.7 Å². The van der Waals surface area contributed by atoms with Gasteiger partial charge in [-0.3, -0.25) is 4.79 Å². The van der Waals surface area contributed by atoms with Crippen molar-refractivity contribution in [2.45, 2.75) is 157 Å². The highest BCUT2D eigenvalue weighted by atomic mass is 16.7. The summed E-state index contributed by atoms with van der Waals surface area (Å²) in [4.78, 5) is 78.6. The second kappa shape index (κ2) is 24.9. The van der Waals surface area contributed by atoms with E-state index in [4.69, 9.17) is 33.5 Å². The van der Waals surface area contributed by atoms with Gasteiger partial charge in [-0.25, -0.2) is 24.0 Å². The lowest BCUT2D eigenvalue weighted by atomic mass is 9.98. The van der Waals surface area contributed by atoms with Gasteiger partial charge in [0, 0.05) is 36.5 Å². The van der Waals surface area contributed by atoms with Crippen molar-refractivity contribution in [3.63, 3.8) is 0 Å². The van der Waals surface area contributed by atoms with Gasteiger partial charge in [0.2, 0.25) is 30.5 Å². The van der Waals surface area contributed by atoms with Crippen LogP contribution in [-0.4, -0.2) is 129 Å². The monoisotopic (exact) mass is 780 g/mol. The van der Waals surface area contributed by atoms with E-state index in [-0.39, 0.29) is 0 Å². The van der Waals surface area contributed by atoms with Crippen molar-refractivity contribution in [3.05, 3.63) is 0 Å². The molecule has 0 saturated heterocycles. The van der Waals surface area contributed by atoms with Gasteiger partial charge in [0.1, 0.15) is 31.0 Å². The SMILES string of the molecule is CC[C@@H](C)[C@H](OC(=O)[C@@H](OC(=O)[C@@H](OC(=O)[C@@H](OC(=O)[C@H](OC(C)=O)C(C)C)[C@@H](C)CC)[C@@H](C)CC)[C@@H](C)CC)C(=O)OC[C@H](O)[C@H](O)[C@H](O)[C@H](O)CO. The number of esters is 6. The maximum atomic E-state index is 13.7. The van der Waals surface area contributed by atoms with Crippen molar-refractivity contribution in [1.29, 1.82) is 0 Å². The maximum absolute atomic E-state index is 13.7. The van der Waals surface area contributed by atoms with Crippen LogP contribution in [-0.2, 0) is 57.2 Å². The van der Waals surface area contributed by atoms with Crippen molar-refractivity contribution in [2.75, 3.05) is 13.2 Å². The minimum absolute atomic E-state index is 0.302. The van der Waals surface area contributed by atoms with Crippen LogP contribution in [0.15, 0.2) is 0 Å². The number of carbonyl (C=O) groups excluding carboxylic acids is 6. The molecule has 0 unspecified atom stereocenters. The van der Waals surface area contributed by atoms with Gasteiger partial charge in [0.05, 0.1) is 6.61 Å². The van der Waals surface area contributed by atoms with Crippen LogP contribution in [0.25, 0.3) is 0 Å². The van der Waals surface area contributed by atoms with E-state index in [2.05, 4.69) is 0 Å². The Hall–Kier alpha value is -3.38. The third kappa shape index (κ3) is 15.8. The molecule has 5 N–H and O–H groups in total. The number of aliphatic hydroxyl groups is 5. The third-order valence-electron chi connectivity index (χ3n) is 9.40. The Bertz CT molecular complexity index is 1190. The second-order valence-electron chi connectivity index (χ2n) is 14.2. The summed E-state index contributed by atoms with van der Waals surface area (Å²) < 4.78 is 32.5. The highest BCUT2D eigenvalue weighted by Crippen LogP contribution is 2.24. The molecule has 0 fully saturated rings. The highest BCUT2D eigenvalue weighted by molar-refractivity contribution is 5.87. The van der Waals surface area contributed by atoms with Crippen LogP contribution in [0.4, 0.5) is 0 Å². The van der Waals surface area contributed by atoms with E-state index in [9.17, 15) is 49.2 Å². The number of aliphatic hydroxyl groups excluding tert-OH is 5. The fraction of sp³-hybridized carbons (Fsp3) is 0.838. The molecular weight excluding hydrogens is 716 g/mol. The topological polar surface area (TPSA) is 259 Å². The molecule has 0 amide bonds. The molecule has 54 heavy (non-hydrogen) atoms. The molecule has 13 atom stereocenters. The molecule has 0 aliphatic rings. The molecule has 17 heteroatoms. The molecule has 0 aromatic heterocycles. The van der Waals surface area contributed by atoms with Crippen LogP contribution in [0.2, 0.25) is 0 Å². The van der Waals surface area contributed by atoms with E-state index in [0.717, 1.165) is 6.92 Å². The van der Waals surface area contributed by atoms with Gasteiger partial charge in [-0.15, -0.1) is 0 Å². The van der Waals surface area contributed by atoms with Gasteiger partial charge < -0.3 is 54.0 Å². The molecule has 314 valence electrons. The van der Waals surface area contributed by atoms with E-state index in [1.165, 1.54) is 0 Å². The van der Waals surface area contributed by atoms with Gasteiger partial charge in [-0.2, -0.15) is 0 Å². The first-order chi connectivity index (χ1) is 25.1. The molecule has 0 aliphatic carbocycles. The minimum atomic E-state index is -2.00. The summed E-state index contributed by atoms with van der Waals surface area (Å²) in [6.07, 6.45) is -13.9. The quantitative estimate of drug-likeness (QED) is 0.0648. The first-order valence-corrected chi connectivity index (χ1v) is 18.6. The van der Waals surface area contributed by atoms with Gasteiger partial charge in [-0.05, 0) is 25.7 Å². The molecule has 0 spiro atoms. The average molecular weight is 781 g/mol. The van der Waals surface area contributed by atoms with Crippen LogP contribution in [0, 0.1) is 29.6 Å². The fourth-order valence-electron chi connectivity index (χ4n) is 4.76. The molecule has 0 aromatic carbocycles. The van der Waals surface area contributed by atoms with E-state index in [0.29, 0.717) is 25.7 Å². The smallest absolute Gasteiger partial charge is 0.348 e. The van der Waals surface area contributed by atoms with Crippen molar-refractivity contribution >= 4 is 35.8 Å². The maximum Gasteiger partial charge on any atom is 0.348 e. The largest absolute Gasteiger partial charge is 0.460 e. The molecular formula is C37H64O17. The van der Waals surface area contributed by atoms with Gasteiger partial charge in [0.25, 0.3) is 0 Å². The van der Waals surface area contributed by atoms with Gasteiger partial charge >= 0.3 is 35.8 Å².